The van der Waals surface area contributed by atoms with E-state index in [0.717, 1.165) is 12.8 Å². The molecule has 0 radical (unpaired) electrons. The Morgan fingerprint density at radius 1 is 1.20 bits per heavy atom. The van der Waals surface area contributed by atoms with Gasteiger partial charge in [-0.1, -0.05) is 0 Å². The van der Waals surface area contributed by atoms with Crippen LogP contribution in [0.15, 0.2) is 24.5 Å². The van der Waals surface area contributed by atoms with Crippen LogP contribution in [0.5, 0.6) is 0 Å². The summed E-state index contributed by atoms with van der Waals surface area (Å²) in [5.41, 5.74) is 1.21. The molecule has 5 heteroatoms. The van der Waals surface area contributed by atoms with Gasteiger partial charge < -0.3 is 9.47 Å². The number of ketones is 1. The monoisotopic (exact) mass is 279 g/mol. The molecule has 0 atom stereocenters. The highest BCUT2D eigenvalue weighted by molar-refractivity contribution is 5.83. The molecule has 0 spiro atoms. The first-order chi connectivity index (χ1) is 9.72. The molecule has 5 nitrogen and oxygen atoms in total. The number of nitrogens with zero attached hydrogens (tertiary/aromatic N) is 1. The quantitative estimate of drug-likeness (QED) is 0.484. The predicted octanol–water partition coefficient (Wildman–Crippen LogP) is 1.94. The summed E-state index contributed by atoms with van der Waals surface area (Å²) in [6.07, 6.45) is 5.59. The van der Waals surface area contributed by atoms with Crippen LogP contribution in [0.1, 0.15) is 31.7 Å². The van der Waals surface area contributed by atoms with Crippen molar-refractivity contribution in [2.45, 2.75) is 32.6 Å². The Balaban J connectivity index is 2.00. The number of ether oxygens (including phenoxy) is 2. The van der Waals surface area contributed by atoms with Crippen molar-refractivity contribution < 1.29 is 19.1 Å². The summed E-state index contributed by atoms with van der Waals surface area (Å²) in [5, 5.41) is 0. The molecule has 0 N–H and O–H groups in total. The first-order valence-electron chi connectivity index (χ1n) is 6.86. The molecule has 110 valence electrons. The Morgan fingerprint density at radius 2 is 1.95 bits per heavy atom. The molecule has 1 aromatic rings. The van der Waals surface area contributed by atoms with E-state index in [1.807, 2.05) is 12.1 Å². The van der Waals surface area contributed by atoms with Crippen molar-refractivity contribution in [3.63, 3.8) is 0 Å². The summed E-state index contributed by atoms with van der Waals surface area (Å²) in [5.74, 6) is -0.402. The van der Waals surface area contributed by atoms with Crippen molar-refractivity contribution in [1.82, 2.24) is 4.98 Å². The Morgan fingerprint density at radius 3 is 2.65 bits per heavy atom. The predicted molar refractivity (Wildman–Crippen MR) is 74.3 cm³/mol. The van der Waals surface area contributed by atoms with E-state index in [2.05, 4.69) is 4.98 Å². The topological polar surface area (TPSA) is 65.5 Å². The van der Waals surface area contributed by atoms with Gasteiger partial charge in [-0.2, -0.15) is 0 Å². The summed E-state index contributed by atoms with van der Waals surface area (Å²) in [6, 6.07) is 3.93. The van der Waals surface area contributed by atoms with Gasteiger partial charge in [0.25, 0.3) is 0 Å². The number of carbonyl (C=O) groups is 2. The van der Waals surface area contributed by atoms with Gasteiger partial charge >= 0.3 is 5.97 Å². The second kappa shape index (κ2) is 10.1. The van der Waals surface area contributed by atoms with E-state index in [4.69, 9.17) is 9.47 Å². The number of hydrogen-bond donors (Lipinski definition) is 0. The van der Waals surface area contributed by atoms with Gasteiger partial charge in [-0.3, -0.25) is 14.6 Å². The second-order valence-corrected chi connectivity index (χ2v) is 4.36. The van der Waals surface area contributed by atoms with Crippen LogP contribution < -0.4 is 0 Å². The number of carbonyl (C=O) groups excluding carboxylic acids is 2. The van der Waals surface area contributed by atoms with Crippen LogP contribution in [0.4, 0.5) is 0 Å². The van der Waals surface area contributed by atoms with E-state index >= 15 is 0 Å². The number of aryl methyl sites for hydroxylation is 1. The number of aromatic nitrogens is 1. The molecule has 0 unspecified atom stereocenters. The van der Waals surface area contributed by atoms with Crippen molar-refractivity contribution in [2.75, 3.05) is 19.8 Å². The second-order valence-electron chi connectivity index (χ2n) is 4.36. The van der Waals surface area contributed by atoms with Crippen LogP contribution in [-0.4, -0.2) is 36.6 Å². The van der Waals surface area contributed by atoms with Crippen LogP contribution in [0, 0.1) is 0 Å². The normalized spacial score (nSPS) is 10.2. The number of hydrogen-bond acceptors (Lipinski definition) is 5. The lowest BCUT2D eigenvalue weighted by molar-refractivity contribution is -0.144. The zero-order valence-corrected chi connectivity index (χ0v) is 11.8. The highest BCUT2D eigenvalue weighted by Crippen LogP contribution is 2.01. The lowest BCUT2D eigenvalue weighted by atomic mass is 10.1. The maximum absolute atomic E-state index is 11.4. The zero-order valence-electron chi connectivity index (χ0n) is 11.8. The summed E-state index contributed by atoms with van der Waals surface area (Å²) < 4.78 is 10.0. The minimum atomic E-state index is -0.335. The molecule has 0 aromatic carbocycles. The van der Waals surface area contributed by atoms with Crippen molar-refractivity contribution >= 4 is 11.8 Å². The maximum Gasteiger partial charge on any atom is 0.306 e. The number of rotatable bonds is 10. The van der Waals surface area contributed by atoms with Crippen LogP contribution in [0.2, 0.25) is 0 Å². The van der Waals surface area contributed by atoms with Crippen molar-refractivity contribution in [3.8, 4) is 0 Å². The first-order valence-corrected chi connectivity index (χ1v) is 6.86. The SMILES string of the molecule is CCOC(=O)CCC(=O)COCCCc1ccncc1. The number of esters is 1. The fourth-order valence-electron chi connectivity index (χ4n) is 1.66. The highest BCUT2D eigenvalue weighted by Gasteiger charge is 2.07. The smallest absolute Gasteiger partial charge is 0.306 e. The van der Waals surface area contributed by atoms with Crippen molar-refractivity contribution in [3.05, 3.63) is 30.1 Å². The largest absolute Gasteiger partial charge is 0.466 e. The van der Waals surface area contributed by atoms with Crippen LogP contribution in [0.3, 0.4) is 0 Å². The van der Waals surface area contributed by atoms with Gasteiger partial charge in [0.2, 0.25) is 0 Å². The number of pyridine rings is 1. The Kier molecular flexibility index (Phi) is 8.22. The molecule has 1 heterocycles. The van der Waals surface area contributed by atoms with Crippen molar-refractivity contribution in [1.29, 1.82) is 0 Å². The summed E-state index contributed by atoms with van der Waals surface area (Å²) in [4.78, 5) is 26.5. The summed E-state index contributed by atoms with van der Waals surface area (Å²) in [6.45, 7) is 2.69. The summed E-state index contributed by atoms with van der Waals surface area (Å²) in [7, 11) is 0. The first kappa shape index (κ1) is 16.3. The Bertz CT molecular complexity index is 406. The molecule has 0 bridgehead atoms. The lowest BCUT2D eigenvalue weighted by Crippen LogP contribution is -2.13. The molecule has 0 aliphatic carbocycles. The molecule has 0 aliphatic heterocycles. The lowest BCUT2D eigenvalue weighted by Gasteiger charge is -2.04. The summed E-state index contributed by atoms with van der Waals surface area (Å²) >= 11 is 0. The third-order valence-corrected chi connectivity index (χ3v) is 2.68. The van der Waals surface area contributed by atoms with Gasteiger partial charge in [0.1, 0.15) is 6.61 Å². The van der Waals surface area contributed by atoms with Gasteiger partial charge in [0, 0.05) is 25.4 Å². The number of Topliss-reactive ketones (excluding diaryl/α,β-unsaturated/α-hetero) is 1. The molecule has 20 heavy (non-hydrogen) atoms. The molecule has 1 aromatic heterocycles. The molecule has 0 saturated carbocycles. The standard InChI is InChI=1S/C15H21NO4/c1-2-20-15(18)6-5-14(17)12-19-11-3-4-13-7-9-16-10-8-13/h7-10H,2-6,11-12H2,1H3. The van der Waals surface area contributed by atoms with Crippen LogP contribution >= 0.6 is 0 Å². The Labute approximate surface area is 119 Å². The van der Waals surface area contributed by atoms with Gasteiger partial charge in [0.15, 0.2) is 5.78 Å². The Hall–Kier alpha value is -1.75. The van der Waals surface area contributed by atoms with Crippen molar-refractivity contribution in [2.24, 2.45) is 0 Å². The van der Waals surface area contributed by atoms with Gasteiger partial charge in [0.05, 0.1) is 13.0 Å². The van der Waals surface area contributed by atoms with E-state index in [9.17, 15) is 9.59 Å². The van der Waals surface area contributed by atoms with Gasteiger partial charge in [-0.25, -0.2) is 0 Å². The third kappa shape index (κ3) is 7.63. The van der Waals surface area contributed by atoms with E-state index in [-0.39, 0.29) is 31.2 Å². The zero-order chi connectivity index (χ0) is 14.6. The molecule has 0 fully saturated rings. The molecule has 1 rings (SSSR count). The molecule has 0 amide bonds. The van der Waals surface area contributed by atoms with E-state index in [1.165, 1.54) is 5.56 Å². The van der Waals surface area contributed by atoms with E-state index in [1.54, 1.807) is 19.3 Å². The minimum absolute atomic E-state index is 0.0652. The van der Waals surface area contributed by atoms with E-state index in [0.29, 0.717) is 13.2 Å². The van der Waals surface area contributed by atoms with Gasteiger partial charge in [-0.15, -0.1) is 0 Å². The van der Waals surface area contributed by atoms with E-state index < -0.39 is 0 Å². The van der Waals surface area contributed by atoms with Crippen LogP contribution in [0.25, 0.3) is 0 Å². The maximum atomic E-state index is 11.4. The van der Waals surface area contributed by atoms with Gasteiger partial charge in [-0.05, 0) is 37.5 Å². The molecular formula is C15H21NO4. The fourth-order valence-corrected chi connectivity index (χ4v) is 1.66. The minimum Gasteiger partial charge on any atom is -0.466 e. The fraction of sp³-hybridized carbons (Fsp3) is 0.533. The average molecular weight is 279 g/mol. The average Bonchev–Trinajstić information content (AvgIpc) is 2.46. The molecule has 0 aliphatic rings. The third-order valence-electron chi connectivity index (χ3n) is 2.68. The van der Waals surface area contributed by atoms with Crippen LogP contribution in [-0.2, 0) is 25.5 Å². The molecule has 0 saturated heterocycles. The highest BCUT2D eigenvalue weighted by atomic mass is 16.5. The molecular weight excluding hydrogens is 258 g/mol.